The summed E-state index contributed by atoms with van der Waals surface area (Å²) >= 11 is 0. The molecule has 1 aliphatic rings. The number of aliphatic carboxylic acids is 1. The fourth-order valence-corrected chi connectivity index (χ4v) is 1.51. The maximum Gasteiger partial charge on any atom is 0.407 e. The molecule has 0 aromatic rings. The van der Waals surface area contributed by atoms with Crippen molar-refractivity contribution < 1.29 is 19.4 Å². The first-order valence-electron chi connectivity index (χ1n) is 5.23. The average Bonchev–Trinajstić information content (AvgIpc) is 2.48. The minimum atomic E-state index is -0.895. The Bertz CT molecular complexity index is 285. The Hall–Kier alpha value is -1.30. The summed E-state index contributed by atoms with van der Waals surface area (Å²) in [4.78, 5) is 22.0. The first-order chi connectivity index (χ1) is 7.28. The lowest BCUT2D eigenvalue weighted by Crippen LogP contribution is -2.40. The Morgan fingerprint density at radius 2 is 2.06 bits per heavy atom. The standard InChI is InChI=1S/C10H18N2O4/c1-10(2,3)16-9(15)12-6-4-7(8(13)14)11-5-6/h6-7,11H,4-5H2,1-3H3,(H,12,15)(H,13,14). The summed E-state index contributed by atoms with van der Waals surface area (Å²) in [5.74, 6) is -0.895. The SMILES string of the molecule is CC(C)(C)OC(=O)NC1CNC(C(=O)O)C1. The molecule has 0 spiro atoms. The lowest BCUT2D eigenvalue weighted by atomic mass is 10.2. The van der Waals surface area contributed by atoms with Crippen LogP contribution in [0.15, 0.2) is 0 Å². The third-order valence-electron chi connectivity index (χ3n) is 2.15. The van der Waals surface area contributed by atoms with Gasteiger partial charge in [0.25, 0.3) is 0 Å². The van der Waals surface area contributed by atoms with Crippen LogP contribution in [0.4, 0.5) is 4.79 Å². The molecule has 1 saturated heterocycles. The maximum atomic E-state index is 11.4. The number of nitrogens with one attached hydrogen (secondary N) is 2. The van der Waals surface area contributed by atoms with E-state index in [0.717, 1.165) is 0 Å². The van der Waals surface area contributed by atoms with Gasteiger partial charge in [-0.05, 0) is 27.2 Å². The highest BCUT2D eigenvalue weighted by Crippen LogP contribution is 2.10. The van der Waals surface area contributed by atoms with Crippen LogP contribution in [0.2, 0.25) is 0 Å². The minimum Gasteiger partial charge on any atom is -0.480 e. The summed E-state index contributed by atoms with van der Waals surface area (Å²) in [5, 5.41) is 14.2. The van der Waals surface area contributed by atoms with Gasteiger partial charge in [0.15, 0.2) is 0 Å². The van der Waals surface area contributed by atoms with Gasteiger partial charge in [-0.15, -0.1) is 0 Å². The Morgan fingerprint density at radius 1 is 1.44 bits per heavy atom. The molecule has 16 heavy (non-hydrogen) atoms. The van der Waals surface area contributed by atoms with Crippen LogP contribution in [0.5, 0.6) is 0 Å². The fraction of sp³-hybridized carbons (Fsp3) is 0.800. The van der Waals surface area contributed by atoms with E-state index in [4.69, 9.17) is 9.84 Å². The molecule has 3 N–H and O–H groups in total. The molecule has 2 atom stereocenters. The van der Waals surface area contributed by atoms with Gasteiger partial charge in [0.05, 0.1) is 0 Å². The van der Waals surface area contributed by atoms with Crippen LogP contribution in [0.25, 0.3) is 0 Å². The molecule has 2 unspecified atom stereocenters. The number of rotatable bonds is 2. The average molecular weight is 230 g/mol. The predicted octanol–water partition coefficient (Wildman–Crippen LogP) is 0.326. The van der Waals surface area contributed by atoms with Crippen molar-refractivity contribution in [3.8, 4) is 0 Å². The van der Waals surface area contributed by atoms with Crippen LogP contribution in [-0.2, 0) is 9.53 Å². The molecule has 0 radical (unpaired) electrons. The van der Waals surface area contributed by atoms with Crippen molar-refractivity contribution in [1.82, 2.24) is 10.6 Å². The van der Waals surface area contributed by atoms with Crippen molar-refractivity contribution in [2.75, 3.05) is 6.54 Å². The number of ether oxygens (including phenoxy) is 1. The van der Waals surface area contributed by atoms with Crippen LogP contribution in [-0.4, -0.2) is 41.4 Å². The summed E-state index contributed by atoms with van der Waals surface area (Å²) in [5.41, 5.74) is -0.539. The molecule has 0 bridgehead atoms. The number of carbonyl (C=O) groups excluding carboxylic acids is 1. The number of carboxylic acids is 1. The second-order valence-electron chi connectivity index (χ2n) is 4.88. The lowest BCUT2D eigenvalue weighted by Gasteiger charge is -2.21. The quantitative estimate of drug-likeness (QED) is 0.636. The van der Waals surface area contributed by atoms with Crippen LogP contribution >= 0.6 is 0 Å². The van der Waals surface area contributed by atoms with Gasteiger partial charge in [-0.3, -0.25) is 4.79 Å². The van der Waals surface area contributed by atoms with E-state index in [1.807, 2.05) is 0 Å². The maximum absolute atomic E-state index is 11.4. The number of alkyl carbamates (subject to hydrolysis) is 1. The molecule has 92 valence electrons. The highest BCUT2D eigenvalue weighted by molar-refractivity contribution is 5.74. The minimum absolute atomic E-state index is 0.184. The van der Waals surface area contributed by atoms with Crippen molar-refractivity contribution >= 4 is 12.1 Å². The van der Waals surface area contributed by atoms with E-state index in [9.17, 15) is 9.59 Å². The third kappa shape index (κ3) is 4.06. The molecule has 0 aromatic carbocycles. The molecule has 1 rings (SSSR count). The molecule has 0 saturated carbocycles. The van der Waals surface area contributed by atoms with E-state index in [2.05, 4.69) is 10.6 Å². The highest BCUT2D eigenvalue weighted by atomic mass is 16.6. The number of hydrogen-bond acceptors (Lipinski definition) is 4. The van der Waals surface area contributed by atoms with Crippen molar-refractivity contribution in [3.05, 3.63) is 0 Å². The van der Waals surface area contributed by atoms with Crippen molar-refractivity contribution in [3.63, 3.8) is 0 Å². The summed E-state index contributed by atoms with van der Waals surface area (Å²) in [6, 6.07) is -0.768. The van der Waals surface area contributed by atoms with Gasteiger partial charge >= 0.3 is 12.1 Å². The normalized spacial score (nSPS) is 25.2. The first kappa shape index (κ1) is 12.8. The smallest absolute Gasteiger partial charge is 0.407 e. The van der Waals surface area contributed by atoms with Crippen LogP contribution < -0.4 is 10.6 Å². The monoisotopic (exact) mass is 230 g/mol. The largest absolute Gasteiger partial charge is 0.480 e. The van der Waals surface area contributed by atoms with Crippen LogP contribution in [0.1, 0.15) is 27.2 Å². The van der Waals surface area contributed by atoms with Gasteiger partial charge in [0, 0.05) is 12.6 Å². The van der Waals surface area contributed by atoms with E-state index in [0.29, 0.717) is 13.0 Å². The second kappa shape index (κ2) is 4.69. The molecule has 6 heteroatoms. The number of carboxylic acid groups (broad SMARTS) is 1. The zero-order chi connectivity index (χ0) is 12.3. The zero-order valence-corrected chi connectivity index (χ0v) is 9.74. The third-order valence-corrected chi connectivity index (χ3v) is 2.15. The van der Waals surface area contributed by atoms with E-state index in [-0.39, 0.29) is 6.04 Å². The van der Waals surface area contributed by atoms with E-state index >= 15 is 0 Å². The summed E-state index contributed by atoms with van der Waals surface area (Å²) in [7, 11) is 0. The van der Waals surface area contributed by atoms with Gasteiger partial charge in [0.1, 0.15) is 11.6 Å². The van der Waals surface area contributed by atoms with Crippen molar-refractivity contribution in [2.24, 2.45) is 0 Å². The van der Waals surface area contributed by atoms with Gasteiger partial charge in [-0.25, -0.2) is 4.79 Å². The summed E-state index contributed by atoms with van der Waals surface area (Å²) in [6.07, 6.45) is -0.125. The molecule has 0 aliphatic carbocycles. The molecule has 1 heterocycles. The topological polar surface area (TPSA) is 87.7 Å². The van der Waals surface area contributed by atoms with Crippen molar-refractivity contribution in [1.29, 1.82) is 0 Å². The Morgan fingerprint density at radius 3 is 2.50 bits per heavy atom. The van der Waals surface area contributed by atoms with E-state index in [1.165, 1.54) is 0 Å². The Labute approximate surface area is 94.3 Å². The van der Waals surface area contributed by atoms with Gasteiger partial charge in [0.2, 0.25) is 0 Å². The Balaban J connectivity index is 2.34. The predicted molar refractivity (Wildman–Crippen MR) is 57.2 cm³/mol. The van der Waals surface area contributed by atoms with Crippen LogP contribution in [0.3, 0.4) is 0 Å². The molecule has 6 nitrogen and oxygen atoms in total. The Kier molecular flexibility index (Phi) is 3.74. The van der Waals surface area contributed by atoms with Gasteiger partial charge in [-0.2, -0.15) is 0 Å². The van der Waals surface area contributed by atoms with E-state index in [1.54, 1.807) is 20.8 Å². The second-order valence-corrected chi connectivity index (χ2v) is 4.88. The molecule has 1 amide bonds. The summed E-state index contributed by atoms with van der Waals surface area (Å²) < 4.78 is 5.07. The van der Waals surface area contributed by atoms with Crippen molar-refractivity contribution in [2.45, 2.75) is 44.9 Å². The molecular weight excluding hydrogens is 212 g/mol. The number of carbonyl (C=O) groups is 2. The summed E-state index contributed by atoms with van der Waals surface area (Å²) in [6.45, 7) is 5.79. The number of amides is 1. The molecular formula is C10H18N2O4. The van der Waals surface area contributed by atoms with Gasteiger partial charge < -0.3 is 20.5 Å². The molecule has 1 aliphatic heterocycles. The van der Waals surface area contributed by atoms with Gasteiger partial charge in [-0.1, -0.05) is 0 Å². The zero-order valence-electron chi connectivity index (χ0n) is 9.74. The van der Waals surface area contributed by atoms with Crippen LogP contribution in [0, 0.1) is 0 Å². The lowest BCUT2D eigenvalue weighted by molar-refractivity contribution is -0.139. The molecule has 1 fully saturated rings. The van der Waals surface area contributed by atoms with E-state index < -0.39 is 23.7 Å². The molecule has 0 aromatic heterocycles. The fourth-order valence-electron chi connectivity index (χ4n) is 1.51. The number of hydrogen-bond donors (Lipinski definition) is 3. The highest BCUT2D eigenvalue weighted by Gasteiger charge is 2.30. The first-order valence-corrected chi connectivity index (χ1v) is 5.23.